The van der Waals surface area contributed by atoms with Gasteiger partial charge in [0.1, 0.15) is 11.6 Å². The highest BCUT2D eigenvalue weighted by atomic mass is 19.3. The van der Waals surface area contributed by atoms with Gasteiger partial charge in [0.05, 0.1) is 0 Å². The van der Waals surface area contributed by atoms with Crippen LogP contribution in [0.2, 0.25) is 0 Å². The van der Waals surface area contributed by atoms with Gasteiger partial charge >= 0.3 is 6.61 Å². The number of aromatic nitrogens is 2. The minimum Gasteiger partial charge on any atom is -0.435 e. The molecule has 0 aliphatic carbocycles. The fraction of sp³-hybridized carbons (Fsp3) is 0.250. The maximum Gasteiger partial charge on any atom is 0.387 e. The lowest BCUT2D eigenvalue weighted by Gasteiger charge is -2.08. The van der Waals surface area contributed by atoms with Crippen LogP contribution in [0, 0.1) is 5.82 Å². The van der Waals surface area contributed by atoms with Gasteiger partial charge in [0.25, 0.3) is 0 Å². The number of carbonyl (C=O) groups is 1. The molecule has 6 nitrogen and oxygen atoms in total. The summed E-state index contributed by atoms with van der Waals surface area (Å²) in [4.78, 5) is 16.2. The molecule has 0 bridgehead atoms. The smallest absolute Gasteiger partial charge is 0.387 e. The molecular weight excluding hydrogens is 387 g/mol. The molecule has 29 heavy (non-hydrogen) atoms. The predicted octanol–water partition coefficient (Wildman–Crippen LogP) is 4.12. The Hall–Kier alpha value is -3.36. The minimum atomic E-state index is -2.90. The Morgan fingerprint density at radius 3 is 2.72 bits per heavy atom. The Morgan fingerprint density at radius 1 is 1.17 bits per heavy atom. The molecule has 0 saturated carbocycles. The first-order chi connectivity index (χ1) is 14.0. The first-order valence-electron chi connectivity index (χ1n) is 8.88. The van der Waals surface area contributed by atoms with Crippen molar-refractivity contribution in [1.29, 1.82) is 0 Å². The van der Waals surface area contributed by atoms with Crippen LogP contribution in [0.1, 0.15) is 24.3 Å². The van der Waals surface area contributed by atoms with Gasteiger partial charge in [0, 0.05) is 24.9 Å². The molecule has 0 saturated heterocycles. The van der Waals surface area contributed by atoms with Crippen LogP contribution in [-0.2, 0) is 17.8 Å². The van der Waals surface area contributed by atoms with Gasteiger partial charge in [-0.25, -0.2) is 4.39 Å². The molecule has 1 aromatic heterocycles. The van der Waals surface area contributed by atoms with Gasteiger partial charge in [-0.1, -0.05) is 17.3 Å². The second-order valence-electron chi connectivity index (χ2n) is 6.17. The number of hydrogen-bond donors (Lipinski definition) is 1. The number of amides is 1. The molecule has 1 N–H and O–H groups in total. The summed E-state index contributed by atoms with van der Waals surface area (Å²) in [7, 11) is 0. The van der Waals surface area contributed by atoms with Crippen molar-refractivity contribution >= 4 is 5.91 Å². The summed E-state index contributed by atoms with van der Waals surface area (Å²) >= 11 is 0. The maximum atomic E-state index is 13.0. The van der Waals surface area contributed by atoms with Gasteiger partial charge in [-0.3, -0.25) is 4.79 Å². The third-order valence-corrected chi connectivity index (χ3v) is 3.98. The Balaban J connectivity index is 1.42. The largest absolute Gasteiger partial charge is 0.435 e. The van der Waals surface area contributed by atoms with E-state index in [1.54, 1.807) is 24.3 Å². The average Bonchev–Trinajstić information content (AvgIpc) is 3.16. The van der Waals surface area contributed by atoms with E-state index in [-0.39, 0.29) is 30.4 Å². The molecule has 0 unspecified atom stereocenters. The molecule has 2 aromatic carbocycles. The first kappa shape index (κ1) is 20.4. The van der Waals surface area contributed by atoms with Crippen LogP contribution in [0.15, 0.2) is 53.1 Å². The van der Waals surface area contributed by atoms with Crippen molar-refractivity contribution in [2.75, 3.05) is 0 Å². The number of rotatable bonds is 9. The van der Waals surface area contributed by atoms with Crippen LogP contribution in [0.25, 0.3) is 11.4 Å². The number of ether oxygens (including phenoxy) is 1. The van der Waals surface area contributed by atoms with Gasteiger partial charge in [0.15, 0.2) is 0 Å². The second kappa shape index (κ2) is 9.72. The monoisotopic (exact) mass is 405 g/mol. The maximum absolute atomic E-state index is 13.0. The summed E-state index contributed by atoms with van der Waals surface area (Å²) in [6.45, 7) is -2.69. The van der Waals surface area contributed by atoms with E-state index in [1.807, 2.05) is 0 Å². The second-order valence-corrected chi connectivity index (χ2v) is 6.17. The van der Waals surface area contributed by atoms with E-state index in [2.05, 4.69) is 20.2 Å². The summed E-state index contributed by atoms with van der Waals surface area (Å²) < 4.78 is 46.9. The van der Waals surface area contributed by atoms with Crippen LogP contribution >= 0.6 is 0 Å². The van der Waals surface area contributed by atoms with Crippen molar-refractivity contribution in [1.82, 2.24) is 15.5 Å². The van der Waals surface area contributed by atoms with E-state index in [1.165, 1.54) is 24.3 Å². The highest BCUT2D eigenvalue weighted by Crippen LogP contribution is 2.17. The summed E-state index contributed by atoms with van der Waals surface area (Å²) in [5.74, 6) is 0.240. The standard InChI is InChI=1S/C20H18F3N3O3/c21-15-9-7-14(8-10-15)19-25-18(29-26-19)6-2-5-17(27)24-12-13-3-1-4-16(11-13)28-20(22)23/h1,3-4,7-11,20H,2,5-6,12H2,(H,24,27). The lowest BCUT2D eigenvalue weighted by Crippen LogP contribution is -2.22. The van der Waals surface area contributed by atoms with E-state index in [0.717, 1.165) is 0 Å². The number of carbonyl (C=O) groups excluding carboxylic acids is 1. The third kappa shape index (κ3) is 6.34. The lowest BCUT2D eigenvalue weighted by molar-refractivity contribution is -0.121. The van der Waals surface area contributed by atoms with Gasteiger partial charge in [-0.05, 0) is 48.4 Å². The van der Waals surface area contributed by atoms with Crippen molar-refractivity contribution in [3.63, 3.8) is 0 Å². The average molecular weight is 405 g/mol. The molecule has 1 amide bonds. The van der Waals surface area contributed by atoms with E-state index >= 15 is 0 Å². The molecule has 152 valence electrons. The normalized spacial score (nSPS) is 10.9. The number of nitrogens with zero attached hydrogens (tertiary/aromatic N) is 2. The van der Waals surface area contributed by atoms with E-state index in [4.69, 9.17) is 4.52 Å². The van der Waals surface area contributed by atoms with Gasteiger partial charge < -0.3 is 14.6 Å². The molecule has 0 fully saturated rings. The number of halogens is 3. The van der Waals surface area contributed by atoms with Gasteiger partial charge in [-0.15, -0.1) is 0 Å². The SMILES string of the molecule is O=C(CCCc1nc(-c2ccc(F)cc2)no1)NCc1cccc(OC(F)F)c1. The highest BCUT2D eigenvalue weighted by molar-refractivity contribution is 5.75. The van der Waals surface area contributed by atoms with Crippen LogP contribution in [0.4, 0.5) is 13.2 Å². The summed E-state index contributed by atoms with van der Waals surface area (Å²) in [5.41, 5.74) is 1.29. The number of nitrogens with one attached hydrogen (secondary N) is 1. The topological polar surface area (TPSA) is 77.2 Å². The molecule has 3 rings (SSSR count). The van der Waals surface area contributed by atoms with Crippen LogP contribution in [-0.4, -0.2) is 22.7 Å². The van der Waals surface area contributed by atoms with Crippen molar-refractivity contribution < 1.29 is 27.2 Å². The number of alkyl halides is 2. The number of hydrogen-bond acceptors (Lipinski definition) is 5. The first-order valence-corrected chi connectivity index (χ1v) is 8.88. The van der Waals surface area contributed by atoms with Crippen molar-refractivity contribution in [3.8, 4) is 17.1 Å². The quantitative estimate of drug-likeness (QED) is 0.580. The Bertz CT molecular complexity index is 945. The minimum absolute atomic E-state index is 0.0418. The fourth-order valence-electron chi connectivity index (χ4n) is 2.59. The van der Waals surface area contributed by atoms with Crippen LogP contribution < -0.4 is 10.1 Å². The lowest BCUT2D eigenvalue weighted by atomic mass is 10.2. The molecule has 9 heteroatoms. The molecule has 3 aromatic rings. The molecular formula is C20H18F3N3O3. The molecule has 1 heterocycles. The van der Waals surface area contributed by atoms with Gasteiger partial charge in [-0.2, -0.15) is 13.8 Å². The van der Waals surface area contributed by atoms with Crippen molar-refractivity contribution in [2.24, 2.45) is 0 Å². The summed E-state index contributed by atoms with van der Waals surface area (Å²) in [5, 5.41) is 6.56. The third-order valence-electron chi connectivity index (χ3n) is 3.98. The zero-order valence-electron chi connectivity index (χ0n) is 15.3. The fourth-order valence-corrected chi connectivity index (χ4v) is 2.59. The van der Waals surface area contributed by atoms with Crippen molar-refractivity contribution in [2.45, 2.75) is 32.4 Å². The Morgan fingerprint density at radius 2 is 1.97 bits per heavy atom. The van der Waals surface area contributed by atoms with E-state index < -0.39 is 6.61 Å². The summed E-state index contributed by atoms with van der Waals surface area (Å²) in [6, 6.07) is 11.9. The molecule has 0 aliphatic rings. The Labute approximate surface area is 164 Å². The number of aryl methyl sites for hydroxylation is 1. The zero-order chi connectivity index (χ0) is 20.6. The highest BCUT2D eigenvalue weighted by Gasteiger charge is 2.10. The predicted molar refractivity (Wildman–Crippen MR) is 97.6 cm³/mol. The van der Waals surface area contributed by atoms with Crippen molar-refractivity contribution in [3.05, 3.63) is 65.8 Å². The zero-order valence-corrected chi connectivity index (χ0v) is 15.3. The number of benzene rings is 2. The van der Waals surface area contributed by atoms with Crippen LogP contribution in [0.3, 0.4) is 0 Å². The Kier molecular flexibility index (Phi) is 6.83. The van der Waals surface area contributed by atoms with Crippen LogP contribution in [0.5, 0.6) is 5.75 Å². The van der Waals surface area contributed by atoms with Gasteiger partial charge in [0.2, 0.25) is 17.6 Å². The van der Waals surface area contributed by atoms with E-state index in [0.29, 0.717) is 35.7 Å². The molecule has 0 aliphatic heterocycles. The molecule has 0 atom stereocenters. The summed E-state index contributed by atoms with van der Waals surface area (Å²) in [6.07, 6.45) is 1.15. The van der Waals surface area contributed by atoms with E-state index in [9.17, 15) is 18.0 Å². The molecule has 0 radical (unpaired) electrons. The molecule has 0 spiro atoms.